The molecule has 6 nitrogen and oxygen atoms in total. The summed E-state index contributed by atoms with van der Waals surface area (Å²) in [6, 6.07) is 13.9. The molecule has 0 atom stereocenters. The first-order chi connectivity index (χ1) is 15.2. The van der Waals surface area contributed by atoms with Gasteiger partial charge in [0.2, 0.25) is 5.91 Å². The van der Waals surface area contributed by atoms with Crippen LogP contribution in [0.25, 0.3) is 17.0 Å². The molecule has 3 aromatic rings. The molecule has 1 aliphatic heterocycles. The second-order valence-corrected chi connectivity index (χ2v) is 9.23. The number of hydrogen-bond acceptors (Lipinski definition) is 4. The topological polar surface area (TPSA) is 71.4 Å². The van der Waals surface area contributed by atoms with Crippen LogP contribution in [-0.2, 0) is 9.59 Å². The van der Waals surface area contributed by atoms with Gasteiger partial charge in [-0.1, -0.05) is 35.9 Å². The number of rotatable bonds is 5. The number of fused-ring (bicyclic) bond motifs is 1. The lowest BCUT2D eigenvalue weighted by Gasteiger charge is -2.14. The number of aromatic nitrogens is 1. The van der Waals surface area contributed by atoms with E-state index in [0.717, 1.165) is 44.3 Å². The second-order valence-electron chi connectivity index (χ2n) is 8.24. The van der Waals surface area contributed by atoms with Gasteiger partial charge in [0, 0.05) is 34.4 Å². The first-order valence-electron chi connectivity index (χ1n) is 10.5. The summed E-state index contributed by atoms with van der Waals surface area (Å²) in [6.45, 7) is 7.75. The molecule has 0 spiro atoms. The molecule has 1 N–H and O–H groups in total. The van der Waals surface area contributed by atoms with E-state index in [1.807, 2.05) is 62.5 Å². The van der Waals surface area contributed by atoms with E-state index in [4.69, 9.17) is 0 Å². The molecular weight excluding hydrogens is 422 g/mol. The van der Waals surface area contributed by atoms with Gasteiger partial charge in [-0.15, -0.1) is 0 Å². The van der Waals surface area contributed by atoms with Crippen molar-refractivity contribution in [2.24, 2.45) is 0 Å². The minimum atomic E-state index is -0.447. The van der Waals surface area contributed by atoms with E-state index < -0.39 is 17.1 Å². The van der Waals surface area contributed by atoms with Crippen molar-refractivity contribution in [3.63, 3.8) is 0 Å². The fraction of sp³-hybridized carbons (Fsp3) is 0.240. The highest BCUT2D eigenvalue weighted by molar-refractivity contribution is 8.18. The number of thioether (sulfide) groups is 1. The first kappa shape index (κ1) is 21.9. The van der Waals surface area contributed by atoms with Crippen LogP contribution >= 0.6 is 11.8 Å². The predicted molar refractivity (Wildman–Crippen MR) is 130 cm³/mol. The van der Waals surface area contributed by atoms with Crippen LogP contribution in [0.5, 0.6) is 0 Å². The number of benzene rings is 2. The number of nitrogens with one attached hydrogen (secondary N) is 1. The van der Waals surface area contributed by atoms with Crippen LogP contribution in [0, 0.1) is 13.8 Å². The van der Waals surface area contributed by atoms with Crippen molar-refractivity contribution in [2.45, 2.75) is 33.7 Å². The van der Waals surface area contributed by atoms with Gasteiger partial charge in [0.15, 0.2) is 0 Å². The van der Waals surface area contributed by atoms with Crippen molar-refractivity contribution < 1.29 is 14.4 Å². The molecule has 164 valence electrons. The number of amides is 3. The molecular formula is C25H25N3O3S. The number of imide groups is 1. The van der Waals surface area contributed by atoms with Crippen molar-refractivity contribution in [3.05, 3.63) is 70.3 Å². The molecule has 1 aromatic heterocycles. The summed E-state index contributed by atoms with van der Waals surface area (Å²) in [6.07, 6.45) is 3.74. The smallest absolute Gasteiger partial charge is 0.294 e. The maximum atomic E-state index is 12.9. The lowest BCUT2D eigenvalue weighted by atomic mass is 10.1. The molecule has 0 radical (unpaired) electrons. The van der Waals surface area contributed by atoms with Gasteiger partial charge in [0.25, 0.3) is 11.1 Å². The van der Waals surface area contributed by atoms with Crippen molar-refractivity contribution >= 4 is 51.5 Å². The number of carbonyl (C=O) groups excluding carboxylic acids is 3. The zero-order chi connectivity index (χ0) is 23.0. The average Bonchev–Trinajstić information content (AvgIpc) is 3.23. The predicted octanol–water partition coefficient (Wildman–Crippen LogP) is 5.51. The number of carbonyl (C=O) groups is 3. The molecule has 32 heavy (non-hydrogen) atoms. The van der Waals surface area contributed by atoms with E-state index in [9.17, 15) is 14.4 Å². The first-order valence-corrected chi connectivity index (χ1v) is 11.3. The summed E-state index contributed by atoms with van der Waals surface area (Å²) >= 11 is 0.866. The maximum Gasteiger partial charge on any atom is 0.294 e. The van der Waals surface area contributed by atoms with E-state index in [1.165, 1.54) is 0 Å². The third-order valence-electron chi connectivity index (χ3n) is 5.45. The van der Waals surface area contributed by atoms with E-state index >= 15 is 0 Å². The Morgan fingerprint density at radius 1 is 1.12 bits per heavy atom. The van der Waals surface area contributed by atoms with Crippen LogP contribution in [0.3, 0.4) is 0 Å². The van der Waals surface area contributed by atoms with Crippen LogP contribution in [0.2, 0.25) is 0 Å². The lowest BCUT2D eigenvalue weighted by Crippen LogP contribution is -2.36. The highest BCUT2D eigenvalue weighted by atomic mass is 32.2. The summed E-state index contributed by atoms with van der Waals surface area (Å²) in [5.41, 5.74) is 4.63. The van der Waals surface area contributed by atoms with E-state index in [1.54, 1.807) is 6.08 Å². The molecule has 0 saturated carbocycles. The standard InChI is InChI=1S/C25H25N3O3S/c1-15(2)27-13-18(19-7-5-6-8-21(19)27)12-22-24(30)28(25(31)32-22)14-23(29)26-20-10-9-16(3)11-17(20)4/h5-13,15H,14H2,1-4H3,(H,26,29)/b22-12+. The van der Waals surface area contributed by atoms with Gasteiger partial charge in [0.05, 0.1) is 4.91 Å². The molecule has 1 saturated heterocycles. The SMILES string of the molecule is Cc1ccc(NC(=O)CN2C(=O)S/C(=C/c3cn(C(C)C)c4ccccc34)C2=O)c(C)c1. The third kappa shape index (κ3) is 4.21. The van der Waals surface area contributed by atoms with Crippen molar-refractivity contribution in [1.82, 2.24) is 9.47 Å². The molecule has 2 aromatic carbocycles. The Bertz CT molecular complexity index is 1270. The quantitative estimate of drug-likeness (QED) is 0.523. The summed E-state index contributed by atoms with van der Waals surface area (Å²) in [5.74, 6) is -0.853. The third-order valence-corrected chi connectivity index (χ3v) is 6.35. The van der Waals surface area contributed by atoms with Gasteiger partial charge in [0.1, 0.15) is 6.54 Å². The van der Waals surface area contributed by atoms with Crippen LogP contribution in [0.15, 0.2) is 53.6 Å². The highest BCUT2D eigenvalue weighted by Gasteiger charge is 2.36. The molecule has 7 heteroatoms. The monoisotopic (exact) mass is 447 g/mol. The number of para-hydroxylation sites is 1. The Labute approximate surface area is 191 Å². The van der Waals surface area contributed by atoms with Gasteiger partial charge in [-0.25, -0.2) is 0 Å². The zero-order valence-corrected chi connectivity index (χ0v) is 19.3. The van der Waals surface area contributed by atoms with Crippen molar-refractivity contribution in [3.8, 4) is 0 Å². The fourth-order valence-corrected chi connectivity index (χ4v) is 4.67. The van der Waals surface area contributed by atoms with E-state index in [-0.39, 0.29) is 12.6 Å². The molecule has 0 unspecified atom stereocenters. The molecule has 1 fully saturated rings. The summed E-state index contributed by atoms with van der Waals surface area (Å²) in [5, 5.41) is 3.37. The zero-order valence-electron chi connectivity index (χ0n) is 18.5. The number of hydrogen-bond donors (Lipinski definition) is 1. The van der Waals surface area contributed by atoms with Gasteiger partial charge in [-0.3, -0.25) is 19.3 Å². The van der Waals surface area contributed by atoms with Gasteiger partial charge in [-0.05, 0) is 63.2 Å². The molecule has 1 aliphatic rings. The van der Waals surface area contributed by atoms with Gasteiger partial charge < -0.3 is 9.88 Å². The molecule has 2 heterocycles. The minimum Gasteiger partial charge on any atom is -0.344 e. The van der Waals surface area contributed by atoms with E-state index in [2.05, 4.69) is 23.7 Å². The van der Waals surface area contributed by atoms with Crippen molar-refractivity contribution in [1.29, 1.82) is 0 Å². The van der Waals surface area contributed by atoms with Crippen LogP contribution in [0.4, 0.5) is 10.5 Å². The van der Waals surface area contributed by atoms with Crippen LogP contribution in [-0.4, -0.2) is 33.1 Å². The Morgan fingerprint density at radius 3 is 2.59 bits per heavy atom. The van der Waals surface area contributed by atoms with Crippen LogP contribution in [0.1, 0.15) is 36.6 Å². The van der Waals surface area contributed by atoms with Crippen LogP contribution < -0.4 is 5.32 Å². The molecule has 0 aliphatic carbocycles. The number of anilines is 1. The normalized spacial score (nSPS) is 15.4. The van der Waals surface area contributed by atoms with E-state index in [0.29, 0.717) is 10.6 Å². The largest absolute Gasteiger partial charge is 0.344 e. The maximum absolute atomic E-state index is 12.9. The fourth-order valence-electron chi connectivity index (χ4n) is 3.84. The molecule has 0 bridgehead atoms. The number of aryl methyl sites for hydroxylation is 2. The minimum absolute atomic E-state index is 0.256. The second kappa shape index (κ2) is 8.67. The summed E-state index contributed by atoms with van der Waals surface area (Å²) < 4.78 is 2.14. The molecule has 4 rings (SSSR count). The lowest BCUT2D eigenvalue weighted by molar-refractivity contribution is -0.127. The summed E-state index contributed by atoms with van der Waals surface area (Å²) in [7, 11) is 0. The Morgan fingerprint density at radius 2 is 1.88 bits per heavy atom. The number of nitrogens with zero attached hydrogens (tertiary/aromatic N) is 2. The Hall–Kier alpha value is -3.32. The average molecular weight is 448 g/mol. The Balaban J connectivity index is 1.55. The summed E-state index contributed by atoms with van der Waals surface area (Å²) in [4.78, 5) is 39.3. The Kier molecular flexibility index (Phi) is 5.93. The van der Waals surface area contributed by atoms with Gasteiger partial charge >= 0.3 is 0 Å². The van der Waals surface area contributed by atoms with Crippen molar-refractivity contribution in [2.75, 3.05) is 11.9 Å². The molecule has 3 amide bonds. The highest BCUT2D eigenvalue weighted by Crippen LogP contribution is 2.34. The van der Waals surface area contributed by atoms with Gasteiger partial charge in [-0.2, -0.15) is 0 Å².